The third-order valence-corrected chi connectivity index (χ3v) is 9.83. The van der Waals surface area contributed by atoms with Gasteiger partial charge in [0.05, 0.1) is 13.2 Å². The first-order chi connectivity index (χ1) is 24.2. The molecule has 0 spiro atoms. The molecule has 2 aliphatic rings. The van der Waals surface area contributed by atoms with Crippen LogP contribution in [0.4, 0.5) is 0 Å². The summed E-state index contributed by atoms with van der Waals surface area (Å²) in [7, 11) is -49.1. The number of rotatable bonds is 20. The third-order valence-electron chi connectivity index (χ3n) is 5.81. The van der Waals surface area contributed by atoms with Gasteiger partial charge in [-0.2, -0.15) is 0 Å². The Morgan fingerprint density at radius 2 is 0.691 bits per heavy atom. The molecule has 2 rings (SSSR count). The van der Waals surface area contributed by atoms with Crippen molar-refractivity contribution < 1.29 is 165 Å². The average molecular weight is 979 g/mol. The zero-order valence-electron chi connectivity index (χ0n) is 25.6. The van der Waals surface area contributed by atoms with Gasteiger partial charge in [0.15, 0.2) is 12.6 Å². The Morgan fingerprint density at radius 3 is 1.04 bits per heavy atom. The maximum atomic E-state index is 12.0. The highest BCUT2D eigenvalue weighted by Crippen LogP contribution is 2.53. The summed E-state index contributed by atoms with van der Waals surface area (Å²) in [4.78, 5) is 157. The maximum Gasteiger partial charge on any atom is 0.470 e. The van der Waals surface area contributed by atoms with E-state index in [4.69, 9.17) is 24.0 Å². The van der Waals surface area contributed by atoms with Crippen LogP contribution in [0.3, 0.4) is 0 Å². The van der Waals surface area contributed by atoms with E-state index in [0.717, 1.165) is 0 Å². The Hall–Kier alpha value is 0.760. The minimum atomic E-state index is -6.45. The molecule has 0 aliphatic carbocycles. The summed E-state index contributed by atoms with van der Waals surface area (Å²) in [5, 5.41) is 0. The molecular weight excluding hydrogens is 952 g/mol. The van der Waals surface area contributed by atoms with E-state index in [2.05, 4.69) is 36.2 Å². The number of ether oxygens (including phenoxy) is 3. The van der Waals surface area contributed by atoms with E-state index in [0.29, 0.717) is 0 Å². The van der Waals surface area contributed by atoms with Gasteiger partial charge in [0.1, 0.15) is 48.8 Å². The zero-order valence-corrected chi connectivity index (χ0v) is 32.7. The molecule has 2 heterocycles. The van der Waals surface area contributed by atoms with E-state index in [1.807, 2.05) is 0 Å². The fourth-order valence-corrected chi connectivity index (χ4v) is 8.24. The van der Waals surface area contributed by atoms with Crippen molar-refractivity contribution in [3.63, 3.8) is 0 Å². The highest BCUT2D eigenvalue weighted by Gasteiger charge is 2.59. The second-order valence-electron chi connectivity index (χ2n) is 10.1. The van der Waals surface area contributed by atoms with Crippen molar-refractivity contribution >= 4 is 62.6 Å². The highest BCUT2D eigenvalue weighted by molar-refractivity contribution is 7.47. The standard InChI is InChI=1S/C12H30O35P8/c13-48(14,15)37-1-3-5(7(43-51(22,23)24)10(46-54(31,32)33)12(40-3)47-55(34,35)36)41-11-9(45-53(28,29)30)8(44-52(25,26)27)6(42-50(19,20)21)4(39-11)2-38-49(16,17)18/h3-12H,1-2H2,(H2,13,14,15)(H2,16,17,18)(H2,19,20,21)(H2,22,23,24)(H2,25,26,27)(H2,28,29,30)(H2,31,32,33)(H2,34,35,36)/p-3/t3?,4?,5-,6+,7+,8+,9?,10?,11+,12?/m1/s1. The maximum absolute atomic E-state index is 12.0. The summed E-state index contributed by atoms with van der Waals surface area (Å²) in [5.74, 6) is 0. The largest absolute Gasteiger partial charge is 0.756 e. The molecule has 0 amide bonds. The van der Waals surface area contributed by atoms with Gasteiger partial charge in [0, 0.05) is 0 Å². The molecule has 0 radical (unpaired) electrons. The molecule has 0 saturated carbocycles. The van der Waals surface area contributed by atoms with Crippen LogP contribution in [-0.4, -0.2) is 138 Å². The summed E-state index contributed by atoms with van der Waals surface area (Å²) in [5.41, 5.74) is 0. The van der Waals surface area contributed by atoms with Crippen molar-refractivity contribution in [2.24, 2.45) is 0 Å². The summed E-state index contributed by atoms with van der Waals surface area (Å²) in [6.07, 6.45) is -30.7. The van der Waals surface area contributed by atoms with Gasteiger partial charge in [0.25, 0.3) is 23.5 Å². The molecule has 2 saturated heterocycles. The van der Waals surface area contributed by atoms with Crippen molar-refractivity contribution in [1.29, 1.82) is 0 Å². The molecule has 43 heteroatoms. The summed E-state index contributed by atoms with van der Waals surface area (Å²) >= 11 is 0. The first kappa shape index (κ1) is 51.9. The minimum absolute atomic E-state index is 1.77. The Labute approximate surface area is 302 Å². The number of hydrogen-bond acceptors (Lipinski definition) is 22. The van der Waals surface area contributed by atoms with Gasteiger partial charge in [-0.3, -0.25) is 40.8 Å². The molecule has 0 aromatic carbocycles. The molecule has 35 nitrogen and oxygen atoms in total. The first-order valence-electron chi connectivity index (χ1n) is 13.0. The second kappa shape index (κ2) is 18.8. The van der Waals surface area contributed by atoms with E-state index < -0.39 is 137 Å². The molecule has 0 bridgehead atoms. The van der Waals surface area contributed by atoms with Crippen LogP contribution in [0.5, 0.6) is 0 Å². The number of phosphoric ester groups is 8. The molecule has 0 aromatic rings. The van der Waals surface area contributed by atoms with Crippen LogP contribution in [0.15, 0.2) is 0 Å². The van der Waals surface area contributed by atoms with Crippen molar-refractivity contribution in [3.8, 4) is 0 Å². The van der Waals surface area contributed by atoms with E-state index in [9.17, 15) is 105 Å². The lowest BCUT2D eigenvalue weighted by atomic mass is 9.97. The first-order valence-corrected chi connectivity index (χ1v) is 25.1. The SMILES string of the molecule is O=P([O-])(O)OC1OC(COP(=O)(O)O)[C@@H](O[C@@H]2OC(COP(=O)(O)O)[C@H](OP(=O)(O)O)[C@H](OP(=O)(O)O)C2OP(=O)([O-])O)[C@H](OP(=O)(O)O)C1OP(=O)([O-])O. The van der Waals surface area contributed by atoms with Crippen LogP contribution in [-0.2, 0) is 86.9 Å². The summed E-state index contributed by atoms with van der Waals surface area (Å²) < 4.78 is 143. The van der Waals surface area contributed by atoms with Crippen LogP contribution in [0.25, 0.3) is 0 Å². The van der Waals surface area contributed by atoms with Crippen LogP contribution in [0.2, 0.25) is 0 Å². The van der Waals surface area contributed by atoms with E-state index in [1.165, 1.54) is 0 Å². The van der Waals surface area contributed by atoms with Crippen LogP contribution in [0.1, 0.15) is 0 Å². The van der Waals surface area contributed by atoms with Gasteiger partial charge in [-0.05, 0) is 0 Å². The fourth-order valence-electron chi connectivity index (χ4n) is 4.39. The minimum Gasteiger partial charge on any atom is -0.756 e. The molecule has 2 fully saturated rings. The zero-order chi connectivity index (χ0) is 43.0. The smallest absolute Gasteiger partial charge is 0.470 e. The molecule has 13 atom stereocenters. The van der Waals surface area contributed by atoms with Crippen LogP contribution >= 0.6 is 62.6 Å². The van der Waals surface area contributed by atoms with Crippen molar-refractivity contribution in [3.05, 3.63) is 0 Å². The molecule has 8 unspecified atom stereocenters. The normalized spacial score (nSPS) is 33.7. The molecule has 55 heavy (non-hydrogen) atoms. The second-order valence-corrected chi connectivity index (χ2v) is 19.6. The Morgan fingerprint density at radius 1 is 0.382 bits per heavy atom. The van der Waals surface area contributed by atoms with Crippen LogP contribution < -0.4 is 14.7 Å². The third kappa shape index (κ3) is 20.3. The Balaban J connectivity index is 2.97. The molecule has 0 aromatic heterocycles. The highest BCUT2D eigenvalue weighted by atomic mass is 31.2. The Bertz CT molecular complexity index is 1680. The van der Waals surface area contributed by atoms with Gasteiger partial charge >= 0.3 is 39.1 Å². The fraction of sp³-hybridized carbons (Fsp3) is 1.00. The molecule has 328 valence electrons. The van der Waals surface area contributed by atoms with Gasteiger partial charge in [-0.25, -0.2) is 22.8 Å². The van der Waals surface area contributed by atoms with Crippen molar-refractivity contribution in [2.45, 2.75) is 61.4 Å². The molecular formula is C12H27O35P8-3. The van der Waals surface area contributed by atoms with Crippen molar-refractivity contribution in [2.75, 3.05) is 13.2 Å². The van der Waals surface area contributed by atoms with Gasteiger partial charge in [-0.15, -0.1) is 0 Å². The monoisotopic (exact) mass is 979 g/mol. The molecule has 2 aliphatic heterocycles. The average Bonchev–Trinajstić information content (AvgIpc) is 2.88. The van der Waals surface area contributed by atoms with Gasteiger partial charge in [0.2, 0.25) is 0 Å². The Kier molecular flexibility index (Phi) is 17.7. The van der Waals surface area contributed by atoms with Crippen LogP contribution in [0, 0.1) is 0 Å². The topological polar surface area (TPSA) is 570 Å². The number of hydrogen-bond donors (Lipinski definition) is 13. The summed E-state index contributed by atoms with van der Waals surface area (Å²) in [6.45, 7) is -3.58. The lowest BCUT2D eigenvalue weighted by Crippen LogP contribution is -2.66. The lowest BCUT2D eigenvalue weighted by Gasteiger charge is -2.50. The lowest BCUT2D eigenvalue weighted by molar-refractivity contribution is -0.356. The predicted octanol–water partition coefficient (Wildman–Crippen LogP) is -6.36. The van der Waals surface area contributed by atoms with Gasteiger partial charge in [-0.1, -0.05) is 0 Å². The van der Waals surface area contributed by atoms with E-state index in [1.54, 1.807) is 0 Å². The summed E-state index contributed by atoms with van der Waals surface area (Å²) in [6, 6.07) is 0. The molecule has 13 N–H and O–H groups in total. The van der Waals surface area contributed by atoms with Crippen molar-refractivity contribution in [1.82, 2.24) is 0 Å². The quantitative estimate of drug-likeness (QED) is 0.0505. The van der Waals surface area contributed by atoms with E-state index >= 15 is 0 Å². The predicted molar refractivity (Wildman–Crippen MR) is 149 cm³/mol. The van der Waals surface area contributed by atoms with Gasteiger partial charge < -0.3 is 102 Å². The number of phosphoric acid groups is 8. The van der Waals surface area contributed by atoms with E-state index in [-0.39, 0.29) is 0 Å².